The van der Waals surface area contributed by atoms with Crippen molar-refractivity contribution < 1.29 is 0 Å². The normalized spacial score (nSPS) is 15.8. The molecule has 0 saturated carbocycles. The van der Waals surface area contributed by atoms with Gasteiger partial charge in [0.2, 0.25) is 0 Å². The van der Waals surface area contributed by atoms with Crippen molar-refractivity contribution in [1.29, 1.82) is 0 Å². The highest BCUT2D eigenvalue weighted by Crippen LogP contribution is 2.35. The van der Waals surface area contributed by atoms with Gasteiger partial charge in [0.1, 0.15) is 0 Å². The van der Waals surface area contributed by atoms with Crippen molar-refractivity contribution in [3.8, 4) is 0 Å². The maximum absolute atomic E-state index is 6.46. The molecular formula is C23H33N3. The Labute approximate surface area is 158 Å². The second-order valence-electron chi connectivity index (χ2n) is 8.10. The van der Waals surface area contributed by atoms with Crippen LogP contribution in [0.15, 0.2) is 42.5 Å². The van der Waals surface area contributed by atoms with Gasteiger partial charge < -0.3 is 10.6 Å². The molecule has 2 aromatic rings. The number of nitrogens with two attached hydrogens (primary N) is 1. The zero-order valence-corrected chi connectivity index (χ0v) is 16.7. The molecule has 3 nitrogen and oxygen atoms in total. The van der Waals surface area contributed by atoms with Gasteiger partial charge in [-0.3, -0.25) is 4.90 Å². The minimum absolute atomic E-state index is 0.451. The van der Waals surface area contributed by atoms with Crippen molar-refractivity contribution in [1.82, 2.24) is 4.90 Å². The third kappa shape index (κ3) is 4.21. The van der Waals surface area contributed by atoms with Gasteiger partial charge >= 0.3 is 0 Å². The molecule has 2 N–H and O–H groups in total. The van der Waals surface area contributed by atoms with E-state index in [-0.39, 0.29) is 0 Å². The molecule has 1 heterocycles. The summed E-state index contributed by atoms with van der Waals surface area (Å²) in [6.45, 7) is 14.3. The van der Waals surface area contributed by atoms with Crippen LogP contribution in [0.4, 0.5) is 11.4 Å². The number of piperazine rings is 1. The van der Waals surface area contributed by atoms with Gasteiger partial charge in [0, 0.05) is 44.1 Å². The maximum atomic E-state index is 6.46. The van der Waals surface area contributed by atoms with Gasteiger partial charge in [0.05, 0.1) is 0 Å². The van der Waals surface area contributed by atoms with Crippen LogP contribution in [-0.4, -0.2) is 31.1 Å². The Kier molecular flexibility index (Phi) is 5.87. The molecular weight excluding hydrogens is 318 g/mol. The number of nitrogens with zero attached hydrogens (tertiary/aromatic N) is 2. The van der Waals surface area contributed by atoms with Crippen LogP contribution in [0.2, 0.25) is 0 Å². The molecule has 1 aliphatic heterocycles. The molecule has 0 atom stereocenters. The summed E-state index contributed by atoms with van der Waals surface area (Å²) in [5.74, 6) is 0.902. The van der Waals surface area contributed by atoms with Gasteiger partial charge in [0.15, 0.2) is 0 Å². The summed E-state index contributed by atoms with van der Waals surface area (Å²) in [4.78, 5) is 5.08. The Balaban J connectivity index is 1.72. The van der Waals surface area contributed by atoms with Gasteiger partial charge in [-0.2, -0.15) is 0 Å². The van der Waals surface area contributed by atoms with E-state index in [4.69, 9.17) is 5.73 Å². The van der Waals surface area contributed by atoms with Crippen LogP contribution in [0, 0.1) is 0 Å². The first-order valence-corrected chi connectivity index (χ1v) is 9.90. The molecule has 2 aromatic carbocycles. The van der Waals surface area contributed by atoms with E-state index < -0.39 is 0 Å². The molecule has 1 aliphatic rings. The molecule has 1 saturated heterocycles. The molecule has 140 valence electrons. The first-order chi connectivity index (χ1) is 12.5. The molecule has 3 heteroatoms. The molecule has 0 unspecified atom stereocenters. The monoisotopic (exact) mass is 351 g/mol. The van der Waals surface area contributed by atoms with Crippen LogP contribution >= 0.6 is 0 Å². The summed E-state index contributed by atoms with van der Waals surface area (Å²) in [6.07, 6.45) is 0. The lowest BCUT2D eigenvalue weighted by molar-refractivity contribution is 0.250. The Hall–Kier alpha value is -2.00. The lowest BCUT2D eigenvalue weighted by atomic mass is 9.92. The second kappa shape index (κ2) is 8.13. The zero-order valence-electron chi connectivity index (χ0n) is 16.7. The number of benzene rings is 2. The molecule has 1 fully saturated rings. The average Bonchev–Trinajstić information content (AvgIpc) is 2.63. The summed E-state index contributed by atoms with van der Waals surface area (Å²) in [6, 6.07) is 15.4. The van der Waals surface area contributed by atoms with Crippen molar-refractivity contribution >= 4 is 11.4 Å². The summed E-state index contributed by atoms with van der Waals surface area (Å²) >= 11 is 0. The fourth-order valence-electron chi connectivity index (χ4n) is 3.83. The summed E-state index contributed by atoms with van der Waals surface area (Å²) in [5, 5.41) is 0. The van der Waals surface area contributed by atoms with Gasteiger partial charge in [-0.15, -0.1) is 0 Å². The fourth-order valence-corrected chi connectivity index (χ4v) is 3.83. The van der Waals surface area contributed by atoms with Crippen molar-refractivity contribution in [2.24, 2.45) is 0 Å². The first kappa shape index (κ1) is 18.8. The highest BCUT2D eigenvalue weighted by atomic mass is 15.3. The molecule has 0 bridgehead atoms. The molecule has 0 aliphatic carbocycles. The summed E-state index contributed by atoms with van der Waals surface area (Å²) in [7, 11) is 0. The molecule has 0 aromatic heterocycles. The van der Waals surface area contributed by atoms with E-state index in [1.165, 1.54) is 22.4 Å². The van der Waals surface area contributed by atoms with E-state index >= 15 is 0 Å². The minimum atomic E-state index is 0.451. The third-order valence-corrected chi connectivity index (χ3v) is 5.46. The van der Waals surface area contributed by atoms with E-state index in [1.54, 1.807) is 0 Å². The van der Waals surface area contributed by atoms with Crippen LogP contribution in [0.25, 0.3) is 0 Å². The van der Waals surface area contributed by atoms with Crippen LogP contribution in [0.3, 0.4) is 0 Å². The van der Waals surface area contributed by atoms with Crippen molar-refractivity contribution in [3.63, 3.8) is 0 Å². The molecule has 0 spiro atoms. The van der Waals surface area contributed by atoms with Crippen LogP contribution in [0.1, 0.15) is 56.2 Å². The van der Waals surface area contributed by atoms with E-state index in [1.807, 2.05) is 0 Å². The third-order valence-electron chi connectivity index (χ3n) is 5.46. The average molecular weight is 352 g/mol. The largest absolute Gasteiger partial charge is 0.398 e. The van der Waals surface area contributed by atoms with Gasteiger partial charge in [0.25, 0.3) is 0 Å². The fraction of sp³-hybridized carbons (Fsp3) is 0.478. The van der Waals surface area contributed by atoms with E-state index in [9.17, 15) is 0 Å². The number of nitrogen functional groups attached to an aromatic ring is 1. The quantitative estimate of drug-likeness (QED) is 0.783. The van der Waals surface area contributed by atoms with Gasteiger partial charge in [-0.1, -0.05) is 58.0 Å². The van der Waals surface area contributed by atoms with Gasteiger partial charge in [-0.05, 0) is 40.7 Å². The smallest absolute Gasteiger partial charge is 0.0385 e. The predicted molar refractivity (Wildman–Crippen MR) is 113 cm³/mol. The molecule has 0 radical (unpaired) electrons. The number of hydrogen-bond acceptors (Lipinski definition) is 3. The van der Waals surface area contributed by atoms with E-state index in [0.29, 0.717) is 11.8 Å². The maximum Gasteiger partial charge on any atom is 0.0385 e. The standard InChI is InChI=1S/C23H33N3/c1-17(2)21-14-20(15-22(18(3)4)23(21)24)26-12-10-25(11-13-26)16-19-8-6-5-7-9-19/h5-9,14-15,17-18H,10-13,16,24H2,1-4H3. The number of hydrogen-bond donors (Lipinski definition) is 1. The predicted octanol–water partition coefficient (Wildman–Crippen LogP) is 4.84. The van der Waals surface area contributed by atoms with Crippen molar-refractivity contribution in [2.45, 2.75) is 46.1 Å². The Morgan fingerprint density at radius 1 is 0.846 bits per heavy atom. The Morgan fingerprint density at radius 3 is 1.88 bits per heavy atom. The topological polar surface area (TPSA) is 32.5 Å². The van der Waals surface area contributed by atoms with E-state index in [0.717, 1.165) is 38.4 Å². The SMILES string of the molecule is CC(C)c1cc(N2CCN(Cc3ccccc3)CC2)cc(C(C)C)c1N. The highest BCUT2D eigenvalue weighted by molar-refractivity contribution is 5.65. The van der Waals surface area contributed by atoms with Crippen LogP contribution in [0.5, 0.6) is 0 Å². The Bertz CT molecular complexity index is 684. The van der Waals surface area contributed by atoms with Crippen molar-refractivity contribution in [2.75, 3.05) is 36.8 Å². The van der Waals surface area contributed by atoms with Crippen molar-refractivity contribution in [3.05, 3.63) is 59.2 Å². The number of rotatable bonds is 5. The Morgan fingerprint density at radius 2 is 1.38 bits per heavy atom. The van der Waals surface area contributed by atoms with Crippen LogP contribution in [-0.2, 0) is 6.54 Å². The minimum Gasteiger partial charge on any atom is -0.398 e. The molecule has 3 rings (SSSR count). The molecule has 26 heavy (non-hydrogen) atoms. The first-order valence-electron chi connectivity index (χ1n) is 9.90. The van der Waals surface area contributed by atoms with Gasteiger partial charge in [-0.25, -0.2) is 0 Å². The lowest BCUT2D eigenvalue weighted by Crippen LogP contribution is -2.46. The second-order valence-corrected chi connectivity index (χ2v) is 8.10. The summed E-state index contributed by atoms with van der Waals surface area (Å²) < 4.78 is 0. The summed E-state index contributed by atoms with van der Waals surface area (Å²) in [5.41, 5.74) is 12.8. The number of anilines is 2. The lowest BCUT2D eigenvalue weighted by Gasteiger charge is -2.37. The van der Waals surface area contributed by atoms with Crippen LogP contribution < -0.4 is 10.6 Å². The molecule has 0 amide bonds. The highest BCUT2D eigenvalue weighted by Gasteiger charge is 2.20. The van der Waals surface area contributed by atoms with E-state index in [2.05, 4.69) is 80.0 Å². The zero-order chi connectivity index (χ0) is 18.7.